The largest absolute Gasteiger partial charge is 0.493 e. The minimum atomic E-state index is -0.532. The van der Waals surface area contributed by atoms with Gasteiger partial charge in [-0.25, -0.2) is 14.4 Å². The lowest BCUT2D eigenvalue weighted by molar-refractivity contribution is -0.124. The summed E-state index contributed by atoms with van der Waals surface area (Å²) in [5.74, 6) is 0.975. The van der Waals surface area contributed by atoms with Gasteiger partial charge in [0.2, 0.25) is 0 Å². The molecule has 0 amide bonds. The van der Waals surface area contributed by atoms with Crippen LogP contribution in [0.1, 0.15) is 5.56 Å². The molecule has 5 rings (SSSR count). The average Bonchev–Trinajstić information content (AvgIpc) is 2.87. The highest BCUT2D eigenvalue weighted by atomic mass is 35.5. The maximum Gasteiger partial charge on any atom is 0.165 e. The summed E-state index contributed by atoms with van der Waals surface area (Å²) in [6, 6.07) is 7.26. The Morgan fingerprint density at radius 1 is 1.24 bits per heavy atom. The molecule has 3 aromatic rings. The minimum Gasteiger partial charge on any atom is -0.493 e. The summed E-state index contributed by atoms with van der Waals surface area (Å²) in [5.41, 5.74) is 1.52. The lowest BCUT2D eigenvalue weighted by Crippen LogP contribution is -2.56. The van der Waals surface area contributed by atoms with E-state index in [4.69, 9.17) is 30.5 Å². The molecule has 2 atom stereocenters. The molecule has 2 unspecified atom stereocenters. The summed E-state index contributed by atoms with van der Waals surface area (Å²) < 4.78 is 37.8. The monoisotopic (exact) mass is 488 g/mol. The first-order chi connectivity index (χ1) is 16.5. The number of nitrogens with zero attached hydrogens (tertiary/aromatic N) is 3. The Bertz CT molecular complexity index is 1200. The molecule has 2 aliphatic rings. The van der Waals surface area contributed by atoms with Gasteiger partial charge in [0, 0.05) is 24.5 Å². The molecule has 10 heteroatoms. The molecule has 0 saturated carbocycles. The number of aryl methyl sites for hydroxylation is 1. The van der Waals surface area contributed by atoms with Gasteiger partial charge < -0.3 is 24.3 Å². The maximum absolute atomic E-state index is 14.6. The van der Waals surface area contributed by atoms with Crippen LogP contribution in [0.25, 0.3) is 10.9 Å². The van der Waals surface area contributed by atoms with Crippen LogP contribution in [0.3, 0.4) is 0 Å². The van der Waals surface area contributed by atoms with Crippen molar-refractivity contribution < 1.29 is 23.3 Å². The molecule has 1 aromatic heterocycles. The second-order valence-corrected chi connectivity index (χ2v) is 8.79. The van der Waals surface area contributed by atoms with E-state index in [-0.39, 0.29) is 16.8 Å². The molecule has 0 aliphatic carbocycles. The normalized spacial score (nSPS) is 20.7. The van der Waals surface area contributed by atoms with Crippen LogP contribution >= 0.6 is 11.6 Å². The van der Waals surface area contributed by atoms with Crippen LogP contribution in [0.15, 0.2) is 30.6 Å². The van der Waals surface area contributed by atoms with Crippen LogP contribution in [0.5, 0.6) is 11.5 Å². The van der Waals surface area contributed by atoms with E-state index in [1.807, 2.05) is 0 Å². The first-order valence-corrected chi connectivity index (χ1v) is 11.5. The van der Waals surface area contributed by atoms with Crippen molar-refractivity contribution >= 4 is 34.0 Å². The number of hydrogen-bond acceptors (Lipinski definition) is 8. The number of nitrogens with one attached hydrogen (secondary N) is 1. The maximum atomic E-state index is 14.6. The number of benzene rings is 2. The number of ether oxygens (including phenoxy) is 4. The van der Waals surface area contributed by atoms with Gasteiger partial charge in [0.1, 0.15) is 24.9 Å². The van der Waals surface area contributed by atoms with Gasteiger partial charge in [-0.15, -0.1) is 0 Å². The Balaban J connectivity index is 1.36. The predicted octanol–water partition coefficient (Wildman–Crippen LogP) is 3.96. The van der Waals surface area contributed by atoms with E-state index in [0.29, 0.717) is 59.6 Å². The molecule has 0 bridgehead atoms. The zero-order chi connectivity index (χ0) is 23.7. The van der Waals surface area contributed by atoms with Crippen molar-refractivity contribution in [1.29, 1.82) is 0 Å². The van der Waals surface area contributed by atoms with Crippen molar-refractivity contribution in [3.8, 4) is 11.5 Å². The summed E-state index contributed by atoms with van der Waals surface area (Å²) >= 11 is 6.07. The Morgan fingerprint density at radius 3 is 2.97 bits per heavy atom. The zero-order valence-electron chi connectivity index (χ0n) is 19.0. The van der Waals surface area contributed by atoms with Gasteiger partial charge in [-0.05, 0) is 24.6 Å². The molecule has 1 N–H and O–H groups in total. The number of fused-ring (bicyclic) bond motifs is 2. The lowest BCUT2D eigenvalue weighted by Gasteiger charge is -2.41. The Hall–Kier alpha value is -2.72. The smallest absolute Gasteiger partial charge is 0.165 e. The first-order valence-electron chi connectivity index (χ1n) is 11.1. The average molecular weight is 489 g/mol. The fraction of sp³-hybridized carbons (Fsp3) is 0.417. The number of anilines is 2. The third-order valence-electron chi connectivity index (χ3n) is 6.19. The van der Waals surface area contributed by atoms with Gasteiger partial charge in [-0.3, -0.25) is 4.90 Å². The first kappa shape index (κ1) is 23.0. The second kappa shape index (κ2) is 9.87. The molecule has 2 aromatic carbocycles. The topological polar surface area (TPSA) is 78.0 Å². The van der Waals surface area contributed by atoms with Crippen LogP contribution in [-0.4, -0.2) is 73.6 Å². The van der Waals surface area contributed by atoms with Crippen LogP contribution in [0, 0.1) is 12.7 Å². The molecule has 2 aliphatic heterocycles. The summed E-state index contributed by atoms with van der Waals surface area (Å²) in [5, 5.41) is 3.76. The minimum absolute atomic E-state index is 0.0494. The van der Waals surface area contributed by atoms with E-state index in [2.05, 4.69) is 20.2 Å². The summed E-state index contributed by atoms with van der Waals surface area (Å²) in [6.07, 6.45) is 1.36. The molecular weight excluding hydrogens is 463 g/mol. The van der Waals surface area contributed by atoms with E-state index < -0.39 is 5.82 Å². The molecule has 180 valence electrons. The summed E-state index contributed by atoms with van der Waals surface area (Å²) in [6.45, 7) is 5.92. The lowest BCUT2D eigenvalue weighted by atomic mass is 10.1. The van der Waals surface area contributed by atoms with Crippen molar-refractivity contribution in [3.63, 3.8) is 0 Å². The van der Waals surface area contributed by atoms with Gasteiger partial charge in [-0.1, -0.05) is 17.7 Å². The van der Waals surface area contributed by atoms with Gasteiger partial charge >= 0.3 is 0 Å². The number of halogens is 2. The molecule has 0 spiro atoms. The van der Waals surface area contributed by atoms with Gasteiger partial charge in [-0.2, -0.15) is 0 Å². The standard InChI is InChI=1S/C24H26ClFN4O4/c1-14-3-4-18(23(26)22(14)25)29-24-17-7-20(31-2)21(8-19(17)27-13-28-24)34-12-16-9-30-5-6-32-10-15(30)11-33-16/h3-4,7-8,13,15-16H,5-6,9-12H2,1-2H3,(H,27,28,29). The van der Waals surface area contributed by atoms with Gasteiger partial charge in [0.25, 0.3) is 0 Å². The quantitative estimate of drug-likeness (QED) is 0.558. The molecule has 8 nitrogen and oxygen atoms in total. The van der Waals surface area contributed by atoms with Crippen LogP contribution in [0.4, 0.5) is 15.9 Å². The molecule has 2 fully saturated rings. The van der Waals surface area contributed by atoms with E-state index in [1.165, 1.54) is 6.33 Å². The highest BCUT2D eigenvalue weighted by molar-refractivity contribution is 6.31. The highest BCUT2D eigenvalue weighted by Crippen LogP contribution is 2.36. The Kier molecular flexibility index (Phi) is 6.69. The number of morpholine rings is 2. The van der Waals surface area contributed by atoms with Crippen LogP contribution < -0.4 is 14.8 Å². The number of rotatable bonds is 6. The summed E-state index contributed by atoms with van der Waals surface area (Å²) in [7, 11) is 1.57. The molecule has 34 heavy (non-hydrogen) atoms. The van der Waals surface area contributed by atoms with Crippen LogP contribution in [-0.2, 0) is 9.47 Å². The molecule has 0 radical (unpaired) electrons. The third-order valence-corrected chi connectivity index (χ3v) is 6.65. The highest BCUT2D eigenvalue weighted by Gasteiger charge is 2.31. The van der Waals surface area contributed by atoms with E-state index in [9.17, 15) is 4.39 Å². The number of methoxy groups -OCH3 is 1. The fourth-order valence-corrected chi connectivity index (χ4v) is 4.40. The SMILES string of the molecule is COc1cc2c(Nc3ccc(C)c(Cl)c3F)ncnc2cc1OCC1CN2CCOCC2CO1. The van der Waals surface area contributed by atoms with Gasteiger partial charge in [0.15, 0.2) is 17.3 Å². The molecule has 2 saturated heterocycles. The zero-order valence-corrected chi connectivity index (χ0v) is 19.8. The Labute approximate surface area is 201 Å². The fourth-order valence-electron chi connectivity index (χ4n) is 4.23. The Morgan fingerprint density at radius 2 is 2.12 bits per heavy atom. The third kappa shape index (κ3) is 4.61. The predicted molar refractivity (Wildman–Crippen MR) is 127 cm³/mol. The second-order valence-electron chi connectivity index (χ2n) is 8.42. The van der Waals surface area contributed by atoms with Crippen molar-refractivity contribution in [2.75, 3.05) is 51.9 Å². The van der Waals surface area contributed by atoms with E-state index in [1.54, 1.807) is 38.3 Å². The van der Waals surface area contributed by atoms with Crippen molar-refractivity contribution in [2.24, 2.45) is 0 Å². The van der Waals surface area contributed by atoms with E-state index >= 15 is 0 Å². The molecular formula is C24H26ClFN4O4. The number of hydrogen-bond donors (Lipinski definition) is 1. The molecule has 3 heterocycles. The van der Waals surface area contributed by atoms with Gasteiger partial charge in [0.05, 0.1) is 49.2 Å². The summed E-state index contributed by atoms with van der Waals surface area (Å²) in [4.78, 5) is 11.0. The van der Waals surface area contributed by atoms with Crippen LogP contribution in [0.2, 0.25) is 5.02 Å². The number of aromatic nitrogens is 2. The van der Waals surface area contributed by atoms with Crippen molar-refractivity contribution in [2.45, 2.75) is 19.1 Å². The van der Waals surface area contributed by atoms with Crippen molar-refractivity contribution in [3.05, 3.63) is 47.0 Å². The van der Waals surface area contributed by atoms with E-state index in [0.717, 1.165) is 19.7 Å². The van der Waals surface area contributed by atoms with Crippen molar-refractivity contribution in [1.82, 2.24) is 14.9 Å².